The van der Waals surface area contributed by atoms with Crippen LogP contribution < -0.4 is 5.43 Å². The molecule has 0 unspecified atom stereocenters. The molecule has 0 radical (unpaired) electrons. The van der Waals surface area contributed by atoms with Gasteiger partial charge in [0.1, 0.15) is 17.3 Å². The van der Waals surface area contributed by atoms with Gasteiger partial charge in [0.2, 0.25) is 0 Å². The van der Waals surface area contributed by atoms with Crippen molar-refractivity contribution in [1.29, 1.82) is 0 Å². The van der Waals surface area contributed by atoms with Gasteiger partial charge >= 0.3 is 0 Å². The average molecular weight is 465 g/mol. The topological polar surface area (TPSA) is 118 Å². The predicted molar refractivity (Wildman–Crippen MR) is 107 cm³/mol. The van der Waals surface area contributed by atoms with E-state index in [4.69, 9.17) is 16.0 Å². The highest BCUT2D eigenvalue weighted by molar-refractivity contribution is 9.10. The van der Waals surface area contributed by atoms with Crippen LogP contribution >= 0.6 is 27.5 Å². The zero-order valence-electron chi connectivity index (χ0n) is 13.9. The summed E-state index contributed by atoms with van der Waals surface area (Å²) in [6, 6.07) is 11.6. The summed E-state index contributed by atoms with van der Waals surface area (Å²) in [6.45, 7) is 0. The molecule has 2 aromatic carbocycles. The minimum absolute atomic E-state index is 0.0510. The van der Waals surface area contributed by atoms with Gasteiger partial charge in [-0.1, -0.05) is 27.5 Å². The molecule has 28 heavy (non-hydrogen) atoms. The summed E-state index contributed by atoms with van der Waals surface area (Å²) in [5.74, 6) is -0.192. The lowest BCUT2D eigenvalue weighted by atomic mass is 10.1. The SMILES string of the molecule is O=C(N/N=C\c1ccc(-c2cc([N+](=O)[O-])ccc2Cl)o1)c1cc(Br)ccc1O. The summed E-state index contributed by atoms with van der Waals surface area (Å²) >= 11 is 9.30. The first kappa shape index (κ1) is 19.6. The number of furan rings is 1. The molecule has 2 N–H and O–H groups in total. The van der Waals surface area contributed by atoms with Crippen molar-refractivity contribution >= 4 is 45.3 Å². The summed E-state index contributed by atoms with van der Waals surface area (Å²) in [7, 11) is 0. The Morgan fingerprint density at radius 1 is 1.25 bits per heavy atom. The number of hydrogen-bond donors (Lipinski definition) is 2. The molecule has 0 fully saturated rings. The molecule has 8 nitrogen and oxygen atoms in total. The number of rotatable bonds is 5. The van der Waals surface area contributed by atoms with Crippen molar-refractivity contribution in [3.05, 3.63) is 79.5 Å². The molecule has 1 amide bonds. The van der Waals surface area contributed by atoms with E-state index >= 15 is 0 Å². The van der Waals surface area contributed by atoms with Crippen LogP contribution in [0.2, 0.25) is 5.02 Å². The molecule has 0 saturated carbocycles. The number of halogens is 2. The number of nitrogens with one attached hydrogen (secondary N) is 1. The smallest absolute Gasteiger partial charge is 0.275 e. The van der Waals surface area contributed by atoms with Crippen LogP contribution in [0.3, 0.4) is 0 Å². The number of phenolic OH excluding ortho intramolecular Hbond substituents is 1. The van der Waals surface area contributed by atoms with Crippen LogP contribution in [0.25, 0.3) is 11.3 Å². The number of benzene rings is 2. The first-order valence-electron chi connectivity index (χ1n) is 7.71. The van der Waals surface area contributed by atoms with Gasteiger partial charge < -0.3 is 9.52 Å². The minimum Gasteiger partial charge on any atom is -0.507 e. The van der Waals surface area contributed by atoms with Crippen LogP contribution in [-0.2, 0) is 0 Å². The van der Waals surface area contributed by atoms with Gasteiger partial charge in [0, 0.05) is 22.2 Å². The van der Waals surface area contributed by atoms with E-state index in [0.29, 0.717) is 20.8 Å². The Labute approximate surface area is 171 Å². The molecule has 0 bridgehead atoms. The maximum absolute atomic E-state index is 12.1. The third-order valence-corrected chi connectivity index (χ3v) is 4.44. The Morgan fingerprint density at radius 3 is 2.79 bits per heavy atom. The van der Waals surface area contributed by atoms with Gasteiger partial charge in [-0.15, -0.1) is 0 Å². The number of phenols is 1. The van der Waals surface area contributed by atoms with E-state index < -0.39 is 10.8 Å². The monoisotopic (exact) mass is 463 g/mol. The second kappa shape index (κ2) is 8.24. The van der Waals surface area contributed by atoms with Crippen molar-refractivity contribution in [3.63, 3.8) is 0 Å². The van der Waals surface area contributed by atoms with Gasteiger partial charge in [-0.25, -0.2) is 5.43 Å². The van der Waals surface area contributed by atoms with E-state index in [0.717, 1.165) is 0 Å². The maximum atomic E-state index is 12.1. The molecule has 142 valence electrons. The van der Waals surface area contributed by atoms with Crippen LogP contribution in [0.4, 0.5) is 5.69 Å². The molecule has 1 aromatic heterocycles. The second-order valence-corrected chi connectivity index (χ2v) is 6.81. The molecule has 10 heteroatoms. The lowest BCUT2D eigenvalue weighted by molar-refractivity contribution is -0.384. The Kier molecular flexibility index (Phi) is 5.76. The fourth-order valence-corrected chi connectivity index (χ4v) is 2.86. The highest BCUT2D eigenvalue weighted by atomic mass is 79.9. The lowest BCUT2D eigenvalue weighted by Gasteiger charge is -2.03. The molecular formula is C18H11BrClN3O5. The Balaban J connectivity index is 1.74. The van der Waals surface area contributed by atoms with E-state index in [-0.39, 0.29) is 22.8 Å². The third kappa shape index (κ3) is 4.38. The number of carbonyl (C=O) groups is 1. The van der Waals surface area contributed by atoms with Crippen LogP contribution in [0.5, 0.6) is 5.75 Å². The number of nitro groups is 1. The number of hydrogen-bond acceptors (Lipinski definition) is 6. The normalized spacial score (nSPS) is 10.9. The number of nitro benzene ring substituents is 1. The molecule has 0 aliphatic rings. The number of hydrazone groups is 1. The Morgan fingerprint density at radius 2 is 2.04 bits per heavy atom. The number of carbonyl (C=O) groups excluding carboxylic acids is 1. The number of non-ortho nitro benzene ring substituents is 1. The summed E-state index contributed by atoms with van der Waals surface area (Å²) in [5, 5.41) is 24.7. The van der Waals surface area contributed by atoms with Crippen molar-refractivity contribution in [2.45, 2.75) is 0 Å². The lowest BCUT2D eigenvalue weighted by Crippen LogP contribution is -2.17. The fourth-order valence-electron chi connectivity index (χ4n) is 2.29. The molecular weight excluding hydrogens is 454 g/mol. The van der Waals surface area contributed by atoms with Crippen molar-refractivity contribution in [3.8, 4) is 17.1 Å². The van der Waals surface area contributed by atoms with Crippen LogP contribution in [0.15, 0.2) is 62.5 Å². The van der Waals surface area contributed by atoms with Crippen molar-refractivity contribution in [2.75, 3.05) is 0 Å². The van der Waals surface area contributed by atoms with Gasteiger partial charge in [-0.05, 0) is 36.4 Å². The summed E-state index contributed by atoms with van der Waals surface area (Å²) in [4.78, 5) is 22.5. The highest BCUT2D eigenvalue weighted by Crippen LogP contribution is 2.32. The van der Waals surface area contributed by atoms with Gasteiger partial charge in [0.05, 0.1) is 21.7 Å². The summed E-state index contributed by atoms with van der Waals surface area (Å²) in [5.41, 5.74) is 2.57. The fraction of sp³-hybridized carbons (Fsp3) is 0. The zero-order chi connectivity index (χ0) is 20.3. The van der Waals surface area contributed by atoms with Crippen LogP contribution in [0, 0.1) is 10.1 Å². The van der Waals surface area contributed by atoms with Gasteiger partial charge in [-0.3, -0.25) is 14.9 Å². The molecule has 0 atom stereocenters. The second-order valence-electron chi connectivity index (χ2n) is 5.48. The molecule has 0 aliphatic carbocycles. The first-order valence-corrected chi connectivity index (χ1v) is 8.88. The summed E-state index contributed by atoms with van der Waals surface area (Å²) in [6.07, 6.45) is 1.25. The Hall–Kier alpha value is -3.17. The minimum atomic E-state index is -0.608. The van der Waals surface area contributed by atoms with Gasteiger partial charge in [0.25, 0.3) is 11.6 Å². The van der Waals surface area contributed by atoms with E-state index in [1.165, 1.54) is 36.5 Å². The van der Waals surface area contributed by atoms with Crippen molar-refractivity contribution in [1.82, 2.24) is 5.43 Å². The maximum Gasteiger partial charge on any atom is 0.275 e. The zero-order valence-corrected chi connectivity index (χ0v) is 16.3. The quantitative estimate of drug-likeness (QED) is 0.321. The number of nitrogens with zero attached hydrogens (tertiary/aromatic N) is 2. The molecule has 1 heterocycles. The van der Waals surface area contributed by atoms with E-state index in [9.17, 15) is 20.0 Å². The predicted octanol–water partition coefficient (Wildman–Crippen LogP) is 4.74. The molecule has 3 rings (SSSR count). The molecule has 0 spiro atoms. The van der Waals surface area contributed by atoms with E-state index in [1.807, 2.05) is 0 Å². The summed E-state index contributed by atoms with van der Waals surface area (Å²) < 4.78 is 6.18. The third-order valence-electron chi connectivity index (χ3n) is 3.61. The van der Waals surface area contributed by atoms with Gasteiger partial charge in [0.15, 0.2) is 0 Å². The Bertz CT molecular complexity index is 1100. The molecule has 0 aliphatic heterocycles. The number of amides is 1. The standard InChI is InChI=1S/C18H11BrClN3O5/c19-10-1-5-16(24)14(7-10)18(25)22-21-9-12-3-6-17(28-12)13-8-11(23(26)27)2-4-15(13)20/h1-9,24H,(H,22,25)/b21-9-. The van der Waals surface area contributed by atoms with E-state index in [1.54, 1.807) is 18.2 Å². The first-order chi connectivity index (χ1) is 13.3. The van der Waals surface area contributed by atoms with E-state index in [2.05, 4.69) is 26.5 Å². The van der Waals surface area contributed by atoms with Crippen LogP contribution in [-0.4, -0.2) is 22.2 Å². The highest BCUT2D eigenvalue weighted by Gasteiger charge is 2.14. The van der Waals surface area contributed by atoms with Crippen LogP contribution in [0.1, 0.15) is 16.1 Å². The molecule has 0 saturated heterocycles. The largest absolute Gasteiger partial charge is 0.507 e. The number of aromatic hydroxyl groups is 1. The van der Waals surface area contributed by atoms with Crippen molar-refractivity contribution in [2.24, 2.45) is 5.10 Å². The van der Waals surface area contributed by atoms with Crippen molar-refractivity contribution < 1.29 is 19.2 Å². The van der Waals surface area contributed by atoms with Gasteiger partial charge in [-0.2, -0.15) is 5.10 Å². The average Bonchev–Trinajstić information content (AvgIpc) is 3.12. The molecule has 3 aromatic rings.